The average molecular weight is 2210 g/mol. The Kier molecular flexibility index (Phi) is 34.7. The van der Waals surface area contributed by atoms with Gasteiger partial charge in [0.15, 0.2) is 0 Å². The molecule has 86 heavy (non-hydrogen) atoms. The first-order chi connectivity index (χ1) is 40.3. The maximum absolute atomic E-state index is 13.0. The molecule has 0 amide bonds. The first-order valence-corrected chi connectivity index (χ1v) is 62.3. The quantitative estimate of drug-likeness (QED) is 0.104. The van der Waals surface area contributed by atoms with E-state index in [0.717, 1.165) is 83.3 Å². The van der Waals surface area contributed by atoms with Crippen LogP contribution >= 0.6 is 184 Å². The number of fused-ring (bicyclic) bond motifs is 2. The molecule has 2 atom stereocenters. The van der Waals surface area contributed by atoms with Crippen LogP contribution in [-0.4, -0.2) is 40.3 Å². The van der Waals surface area contributed by atoms with Crippen molar-refractivity contribution in [1.29, 1.82) is 0 Å². The molecule has 0 aliphatic rings. The minimum absolute atomic E-state index is 0. The van der Waals surface area contributed by atoms with Gasteiger partial charge < -0.3 is 24.0 Å². The van der Waals surface area contributed by atoms with Crippen LogP contribution < -0.4 is 35.4 Å². The number of hydrogen-bond donors (Lipinski definition) is 2. The molecule has 10 aromatic rings. The molecule has 0 bridgehead atoms. The van der Waals surface area contributed by atoms with E-state index in [9.17, 15) is 9.59 Å². The molecule has 10 rings (SSSR count). The summed E-state index contributed by atoms with van der Waals surface area (Å²) in [5.41, 5.74) is 16.3. The van der Waals surface area contributed by atoms with E-state index in [2.05, 4.69) is 226 Å². The third-order valence-electron chi connectivity index (χ3n) is 13.2. The number of imidazole rings is 2. The van der Waals surface area contributed by atoms with Crippen molar-refractivity contribution in [2.24, 2.45) is 33.9 Å². The van der Waals surface area contributed by atoms with Crippen molar-refractivity contribution in [3.05, 3.63) is 246 Å². The normalized spacial score (nSPS) is 12.2. The number of aromatic nitrogens is 6. The van der Waals surface area contributed by atoms with Crippen LogP contribution in [0.1, 0.15) is 74.3 Å². The standard InChI is InChI=1S/C31H31ClN4O.C27H20Cl3N3O.C3H9N.CH4.I3.5HI.2V/c1-20(2)34-31(29-18-33-19-35(29)4,23-9-12-25(32)13-10-23)24-11-14-28-27(16-24)26(17-30(37)36(28)5)22-8-6-7-21(3)15-22;1-32-16-31-15-25(32)27(30,18-6-9-20(28)10-7-18)19-8-11-24-23(13-19)22(14-26(34)33(24)2)17-4-3-5-21(29)12-17;1-3(2)4;;1-3-2;;;;;;;/h6-20,34H,1-5H3;3-16H,1-2H3;3H,4H2,1-2H3;1H4;;5*1H;;/q;;;;-1;;;;;;+2;+3/p-5. The van der Waals surface area contributed by atoms with E-state index in [4.69, 9.17) is 52.1 Å². The zero-order chi connectivity index (χ0) is 62.9. The van der Waals surface area contributed by atoms with E-state index in [0.29, 0.717) is 43.8 Å². The van der Waals surface area contributed by atoms with Gasteiger partial charge in [0.05, 0.1) is 47.5 Å². The molecule has 2 unspecified atom stereocenters. The molecule has 4 heterocycles. The number of rotatable bonds is 10. The van der Waals surface area contributed by atoms with Crippen LogP contribution in [-0.2, 0) is 53.0 Å². The second-order valence-electron chi connectivity index (χ2n) is 19.8. The Morgan fingerprint density at radius 3 is 1.41 bits per heavy atom. The number of halogens is 12. The van der Waals surface area contributed by atoms with E-state index in [1.807, 2.05) is 137 Å². The van der Waals surface area contributed by atoms with E-state index >= 15 is 0 Å². The van der Waals surface area contributed by atoms with Crippen LogP contribution in [0.15, 0.2) is 180 Å². The predicted octanol–water partition coefficient (Wildman–Crippen LogP) is 17.2. The Labute approximate surface area is 622 Å². The summed E-state index contributed by atoms with van der Waals surface area (Å²) in [4.78, 5) is 33.2. The minimum atomic E-state index is -1.04. The van der Waals surface area contributed by atoms with Gasteiger partial charge in [-0.25, -0.2) is 9.97 Å². The Bertz CT molecular complexity index is 3920. The molecule has 0 spiro atoms. The summed E-state index contributed by atoms with van der Waals surface area (Å²) in [5, 5.41) is 7.69. The SMILES string of the molecule is C.CC(C)N.Cc1cccc(-c2cc(=O)n(C)c3ccc(C(NC(C)C)(c4ccc(Cl)cc4)c4cncn4C)cc23)c1.Cn1cncc1C(Cl)(c1ccc(Cl)cc1)c1ccc2c(c1)c(-c1cccc(Cl)c1)cc(=O)n2C.I[I-]I.[I][V]([I])[I].[I][V][I]. The molecule has 10 nitrogen and oxygen atoms in total. The van der Waals surface area contributed by atoms with Crippen LogP contribution in [0.5, 0.6) is 0 Å². The van der Waals surface area contributed by atoms with Gasteiger partial charge in [-0.15, -0.1) is 11.6 Å². The number of benzene rings is 6. The van der Waals surface area contributed by atoms with Crippen LogP contribution in [0.2, 0.25) is 15.1 Å². The molecular formula is C62H64Cl4I8N8O2V2-. The van der Waals surface area contributed by atoms with E-state index in [-0.39, 0.29) is 29.5 Å². The summed E-state index contributed by atoms with van der Waals surface area (Å²) >= 11 is 43.7. The van der Waals surface area contributed by atoms with Crippen molar-refractivity contribution in [3.63, 3.8) is 0 Å². The maximum atomic E-state index is 13.0. The van der Waals surface area contributed by atoms with Crippen LogP contribution in [0, 0.1) is 6.92 Å². The first kappa shape index (κ1) is 78.7. The monoisotopic (exact) mass is 2210 g/mol. The first-order valence-electron chi connectivity index (χ1n) is 25.6. The summed E-state index contributed by atoms with van der Waals surface area (Å²) in [5.74, 6) is 0. The van der Waals surface area contributed by atoms with Gasteiger partial charge in [-0.2, -0.15) is 0 Å². The number of nitrogens with zero attached hydrogens (tertiary/aromatic N) is 6. The average Bonchev–Trinajstić information content (AvgIpc) is 1.12. The summed E-state index contributed by atoms with van der Waals surface area (Å²) in [6.07, 6.45) is 7.23. The molecule has 0 radical (unpaired) electrons. The van der Waals surface area contributed by atoms with Gasteiger partial charge in [-0.05, 0) is 132 Å². The van der Waals surface area contributed by atoms with Crippen molar-refractivity contribution in [3.8, 4) is 22.3 Å². The van der Waals surface area contributed by atoms with Crippen LogP contribution in [0.4, 0.5) is 0 Å². The fourth-order valence-electron chi connectivity index (χ4n) is 9.70. The van der Waals surface area contributed by atoms with E-state index in [1.165, 1.54) is 0 Å². The molecule has 24 heteroatoms. The summed E-state index contributed by atoms with van der Waals surface area (Å²) in [7, 11) is 8.14. The number of hydrogen-bond acceptors (Lipinski definition) is 6. The Morgan fingerprint density at radius 1 is 0.593 bits per heavy atom. The molecule has 4 aromatic heterocycles. The molecule has 459 valence electrons. The fourth-order valence-corrected chi connectivity index (χ4v) is 10.6. The summed E-state index contributed by atoms with van der Waals surface area (Å²) in [6, 6.07) is 47.4. The zero-order valence-electron chi connectivity index (χ0n) is 47.3. The van der Waals surface area contributed by atoms with Gasteiger partial charge in [0.1, 0.15) is 10.4 Å². The third-order valence-corrected chi connectivity index (χ3v) is 14.6. The van der Waals surface area contributed by atoms with Crippen LogP contribution in [0.3, 0.4) is 0 Å². The fraction of sp³-hybridized carbons (Fsp3) is 0.226. The second-order valence-corrected chi connectivity index (χ2v) is 85.1. The Morgan fingerprint density at radius 2 is 0.988 bits per heavy atom. The van der Waals surface area contributed by atoms with Crippen molar-refractivity contribution < 1.29 is 27.6 Å². The zero-order valence-corrected chi connectivity index (χ0v) is 70.4. The molecule has 6 aromatic carbocycles. The number of aryl methyl sites for hydroxylation is 5. The number of nitrogens with two attached hydrogens (primary N) is 1. The van der Waals surface area contributed by atoms with Gasteiger partial charge in [-0.1, -0.05) is 134 Å². The van der Waals surface area contributed by atoms with Gasteiger partial charge in [0, 0.05) is 72.2 Å². The molecule has 0 saturated heterocycles. The van der Waals surface area contributed by atoms with Crippen molar-refractivity contribution in [1.82, 2.24) is 33.6 Å². The van der Waals surface area contributed by atoms with E-state index in [1.54, 1.807) is 40.8 Å². The number of alkyl halides is 1. The summed E-state index contributed by atoms with van der Waals surface area (Å²) in [6.45, 7) is 10.2. The topological polar surface area (TPSA) is 118 Å². The van der Waals surface area contributed by atoms with Crippen molar-refractivity contribution >= 4 is 205 Å². The summed E-state index contributed by atoms with van der Waals surface area (Å²) < 4.78 is 7.30. The second kappa shape index (κ2) is 38.0. The predicted molar refractivity (Wildman–Crippen MR) is 416 cm³/mol. The number of pyridine rings is 2. The van der Waals surface area contributed by atoms with Gasteiger partial charge >= 0.3 is 165 Å². The van der Waals surface area contributed by atoms with Gasteiger partial charge in [-0.3, -0.25) is 14.9 Å². The molecule has 0 aliphatic carbocycles. The molecule has 3 N–H and O–H groups in total. The third kappa shape index (κ3) is 20.9. The van der Waals surface area contributed by atoms with Gasteiger partial charge in [0.25, 0.3) is 11.1 Å². The van der Waals surface area contributed by atoms with Crippen molar-refractivity contribution in [2.45, 2.75) is 64.5 Å². The van der Waals surface area contributed by atoms with Crippen molar-refractivity contribution in [2.75, 3.05) is 0 Å². The Balaban J connectivity index is 0.000000301. The van der Waals surface area contributed by atoms with Crippen LogP contribution in [0.25, 0.3) is 44.1 Å². The van der Waals surface area contributed by atoms with E-state index < -0.39 is 10.4 Å². The number of nitrogens with one attached hydrogen (secondary N) is 1. The van der Waals surface area contributed by atoms with Gasteiger partial charge in [0.2, 0.25) is 0 Å². The molecule has 0 fully saturated rings. The Hall–Kier alpha value is 0.249. The molecule has 0 aliphatic heterocycles. The molecule has 0 saturated carbocycles. The molecular weight excluding hydrogens is 2150 g/mol.